The first-order valence-electron chi connectivity index (χ1n) is 8.11. The predicted molar refractivity (Wildman–Crippen MR) is 95.9 cm³/mol. The van der Waals surface area contributed by atoms with Crippen molar-refractivity contribution < 1.29 is 9.90 Å². The zero-order chi connectivity index (χ0) is 16.8. The summed E-state index contributed by atoms with van der Waals surface area (Å²) in [4.78, 5) is 11.1. The number of carboxylic acid groups (broad SMARTS) is 1. The van der Waals surface area contributed by atoms with Gasteiger partial charge in [-0.05, 0) is 48.6 Å². The first-order chi connectivity index (χ1) is 11.6. The molecule has 1 heterocycles. The summed E-state index contributed by atoms with van der Waals surface area (Å²) >= 11 is 6.49. The summed E-state index contributed by atoms with van der Waals surface area (Å²) in [5.74, 6) is -0.197. The zero-order valence-electron chi connectivity index (χ0n) is 13.3. The van der Waals surface area contributed by atoms with Gasteiger partial charge in [0.25, 0.3) is 0 Å². The third kappa shape index (κ3) is 2.31. The molecule has 3 atom stereocenters. The van der Waals surface area contributed by atoms with Crippen LogP contribution in [0.4, 0.5) is 5.69 Å². The summed E-state index contributed by atoms with van der Waals surface area (Å²) in [7, 11) is 0. The number of carboxylic acids is 1. The molecule has 1 aliphatic heterocycles. The van der Waals surface area contributed by atoms with Gasteiger partial charge in [0.15, 0.2) is 0 Å². The average Bonchev–Trinajstić information content (AvgIpc) is 3.07. The highest BCUT2D eigenvalue weighted by atomic mass is 35.5. The van der Waals surface area contributed by atoms with Gasteiger partial charge in [0.2, 0.25) is 0 Å². The lowest BCUT2D eigenvalue weighted by atomic mass is 9.76. The monoisotopic (exact) mass is 339 g/mol. The van der Waals surface area contributed by atoms with Crippen LogP contribution >= 0.6 is 11.6 Å². The van der Waals surface area contributed by atoms with Crippen molar-refractivity contribution in [1.82, 2.24) is 0 Å². The van der Waals surface area contributed by atoms with Crippen LogP contribution in [-0.2, 0) is 0 Å². The van der Waals surface area contributed by atoms with Gasteiger partial charge in [-0.15, -0.1) is 0 Å². The molecule has 4 rings (SSSR count). The standard InChI is InChI=1S/C20H18ClNO2/c1-11-5-10-16(21)17-14-3-2-4-15(14)19(22-18(11)17)12-6-8-13(9-7-12)20(23)24/h2-3,5-10,14-15,19,22H,4H2,1H3,(H,23,24)/t14-,15-,19+/m0/s1. The molecule has 0 amide bonds. The van der Waals surface area contributed by atoms with Crippen LogP contribution in [0.3, 0.4) is 0 Å². The van der Waals surface area contributed by atoms with E-state index in [1.165, 1.54) is 11.1 Å². The Morgan fingerprint density at radius 2 is 1.96 bits per heavy atom. The van der Waals surface area contributed by atoms with Gasteiger partial charge in [0.1, 0.15) is 0 Å². The lowest BCUT2D eigenvalue weighted by molar-refractivity contribution is 0.0697. The Morgan fingerprint density at radius 3 is 2.67 bits per heavy atom. The zero-order valence-corrected chi connectivity index (χ0v) is 14.0. The van der Waals surface area contributed by atoms with Crippen molar-refractivity contribution in [2.75, 3.05) is 5.32 Å². The van der Waals surface area contributed by atoms with E-state index in [1.807, 2.05) is 24.3 Å². The van der Waals surface area contributed by atoms with Crippen molar-refractivity contribution in [2.45, 2.75) is 25.3 Å². The van der Waals surface area contributed by atoms with E-state index in [0.717, 1.165) is 22.7 Å². The lowest BCUT2D eigenvalue weighted by Gasteiger charge is -2.38. The number of allylic oxidation sites excluding steroid dienone is 2. The fourth-order valence-corrected chi connectivity index (χ4v) is 4.26. The minimum Gasteiger partial charge on any atom is -0.478 e. The molecule has 122 valence electrons. The Bertz CT molecular complexity index is 841. The van der Waals surface area contributed by atoms with E-state index in [9.17, 15) is 4.79 Å². The minimum atomic E-state index is -0.897. The maximum atomic E-state index is 11.1. The fourth-order valence-electron chi connectivity index (χ4n) is 3.97. The fraction of sp³-hybridized carbons (Fsp3) is 0.250. The molecule has 0 aromatic heterocycles. The van der Waals surface area contributed by atoms with E-state index < -0.39 is 5.97 Å². The molecule has 2 aromatic rings. The van der Waals surface area contributed by atoms with Gasteiger partial charge in [-0.3, -0.25) is 0 Å². The summed E-state index contributed by atoms with van der Waals surface area (Å²) in [6.07, 6.45) is 5.48. The number of rotatable bonds is 2. The first-order valence-corrected chi connectivity index (χ1v) is 8.49. The normalized spacial score (nSPS) is 24.2. The molecule has 0 radical (unpaired) electrons. The number of benzene rings is 2. The molecule has 3 nitrogen and oxygen atoms in total. The minimum absolute atomic E-state index is 0.150. The van der Waals surface area contributed by atoms with Crippen molar-refractivity contribution in [1.29, 1.82) is 0 Å². The molecule has 2 aliphatic rings. The predicted octanol–water partition coefficient (Wildman–Crippen LogP) is 5.17. The number of carbonyl (C=O) groups is 1. The van der Waals surface area contributed by atoms with Crippen molar-refractivity contribution in [3.05, 3.63) is 75.8 Å². The topological polar surface area (TPSA) is 49.3 Å². The molecule has 1 aliphatic carbocycles. The van der Waals surface area contributed by atoms with Gasteiger partial charge in [-0.1, -0.05) is 42.0 Å². The smallest absolute Gasteiger partial charge is 0.335 e. The van der Waals surface area contributed by atoms with E-state index in [1.54, 1.807) is 12.1 Å². The molecule has 0 fully saturated rings. The summed E-state index contributed by atoms with van der Waals surface area (Å²) in [6.45, 7) is 2.09. The molecule has 4 heteroatoms. The number of nitrogens with one attached hydrogen (secondary N) is 1. The maximum absolute atomic E-state index is 11.1. The lowest BCUT2D eigenvalue weighted by Crippen LogP contribution is -2.29. The number of aryl methyl sites for hydroxylation is 1. The molecule has 24 heavy (non-hydrogen) atoms. The molecule has 2 aromatic carbocycles. The molecule has 2 N–H and O–H groups in total. The van der Waals surface area contributed by atoms with Gasteiger partial charge in [0, 0.05) is 22.2 Å². The molecular formula is C20H18ClNO2. The molecular weight excluding hydrogens is 322 g/mol. The second-order valence-electron chi connectivity index (χ2n) is 6.56. The molecule has 0 unspecified atom stereocenters. The second kappa shape index (κ2) is 5.67. The maximum Gasteiger partial charge on any atom is 0.335 e. The first kappa shape index (κ1) is 15.3. The third-order valence-electron chi connectivity index (χ3n) is 5.19. The number of fused-ring (bicyclic) bond motifs is 3. The molecule has 0 bridgehead atoms. The van der Waals surface area contributed by atoms with Crippen LogP contribution in [0.1, 0.15) is 45.4 Å². The van der Waals surface area contributed by atoms with Crippen molar-refractivity contribution in [3.8, 4) is 0 Å². The van der Waals surface area contributed by atoms with E-state index >= 15 is 0 Å². The van der Waals surface area contributed by atoms with Gasteiger partial charge in [0.05, 0.1) is 11.6 Å². The van der Waals surface area contributed by atoms with Crippen LogP contribution in [0.2, 0.25) is 5.02 Å². The number of halogens is 1. The average molecular weight is 340 g/mol. The summed E-state index contributed by atoms with van der Waals surface area (Å²) in [5, 5.41) is 13.6. The molecule has 0 saturated carbocycles. The van der Waals surface area contributed by atoms with Crippen LogP contribution in [0, 0.1) is 12.8 Å². The Balaban J connectivity index is 1.78. The highest BCUT2D eigenvalue weighted by Gasteiger charge is 2.39. The van der Waals surface area contributed by atoms with E-state index in [2.05, 4.69) is 24.4 Å². The number of aromatic carboxylic acids is 1. The number of hydrogen-bond acceptors (Lipinski definition) is 2. The Morgan fingerprint density at radius 1 is 1.21 bits per heavy atom. The summed E-state index contributed by atoms with van der Waals surface area (Å²) in [6, 6.07) is 11.4. The van der Waals surface area contributed by atoms with Crippen molar-refractivity contribution >= 4 is 23.3 Å². The molecule has 0 saturated heterocycles. The van der Waals surface area contributed by atoms with Crippen LogP contribution in [0.15, 0.2) is 48.6 Å². The Hall–Kier alpha value is -2.26. The third-order valence-corrected chi connectivity index (χ3v) is 5.52. The second-order valence-corrected chi connectivity index (χ2v) is 6.96. The van der Waals surface area contributed by atoms with Crippen LogP contribution in [-0.4, -0.2) is 11.1 Å². The number of anilines is 1. The Kier molecular flexibility index (Phi) is 3.61. The van der Waals surface area contributed by atoms with Crippen LogP contribution in [0.25, 0.3) is 0 Å². The SMILES string of the molecule is Cc1ccc(Cl)c2c1N[C@H](c1ccc(C(=O)O)cc1)[C@H]1CC=C[C@H]21. The quantitative estimate of drug-likeness (QED) is 0.742. The number of hydrogen-bond donors (Lipinski definition) is 2. The van der Waals surface area contributed by atoms with Gasteiger partial charge in [-0.25, -0.2) is 4.79 Å². The summed E-state index contributed by atoms with van der Waals surface area (Å²) < 4.78 is 0. The van der Waals surface area contributed by atoms with Gasteiger partial charge in [-0.2, -0.15) is 0 Å². The van der Waals surface area contributed by atoms with Gasteiger partial charge >= 0.3 is 5.97 Å². The molecule has 0 spiro atoms. The summed E-state index contributed by atoms with van der Waals surface area (Å²) in [5.41, 5.74) is 4.91. The van der Waals surface area contributed by atoms with Gasteiger partial charge < -0.3 is 10.4 Å². The van der Waals surface area contributed by atoms with E-state index in [0.29, 0.717) is 17.4 Å². The van der Waals surface area contributed by atoms with Crippen LogP contribution < -0.4 is 5.32 Å². The van der Waals surface area contributed by atoms with Crippen molar-refractivity contribution in [2.24, 2.45) is 5.92 Å². The highest BCUT2D eigenvalue weighted by molar-refractivity contribution is 6.32. The Labute approximate surface area is 146 Å². The largest absolute Gasteiger partial charge is 0.478 e. The van der Waals surface area contributed by atoms with Crippen molar-refractivity contribution in [3.63, 3.8) is 0 Å². The van der Waals surface area contributed by atoms with E-state index in [4.69, 9.17) is 16.7 Å². The highest BCUT2D eigenvalue weighted by Crippen LogP contribution is 2.52. The van der Waals surface area contributed by atoms with E-state index in [-0.39, 0.29) is 6.04 Å². The van der Waals surface area contributed by atoms with Crippen LogP contribution in [0.5, 0.6) is 0 Å².